The predicted octanol–water partition coefficient (Wildman–Crippen LogP) is 2.79. The Balaban J connectivity index is 2.83. The Morgan fingerprint density at radius 2 is 1.90 bits per heavy atom. The van der Waals surface area contributed by atoms with E-state index in [1.54, 1.807) is 24.3 Å². The van der Waals surface area contributed by atoms with Crippen molar-refractivity contribution in [2.45, 2.75) is 33.3 Å². The van der Waals surface area contributed by atoms with Crippen molar-refractivity contribution in [3.8, 4) is 0 Å². The number of carbonyl (C=O) groups excluding carboxylic acids is 2. The third-order valence-electron chi connectivity index (χ3n) is 2.35. The first-order valence-electron chi connectivity index (χ1n) is 6.53. The summed E-state index contributed by atoms with van der Waals surface area (Å²) in [5.41, 5.74) is 0.762. The average Bonchev–Trinajstić information content (AvgIpc) is 2.32. The van der Waals surface area contributed by atoms with E-state index in [0.717, 1.165) is 5.56 Å². The fourth-order valence-corrected chi connectivity index (χ4v) is 1.55. The van der Waals surface area contributed by atoms with E-state index in [1.165, 1.54) is 6.92 Å². The topological polar surface area (TPSA) is 55.4 Å². The van der Waals surface area contributed by atoms with Gasteiger partial charge in [-0.05, 0) is 32.4 Å². The van der Waals surface area contributed by atoms with E-state index in [0.29, 0.717) is 12.1 Å². The van der Waals surface area contributed by atoms with Gasteiger partial charge in [0.2, 0.25) is 5.91 Å². The second-order valence-corrected chi connectivity index (χ2v) is 5.43. The van der Waals surface area contributed by atoms with Gasteiger partial charge in [0.15, 0.2) is 0 Å². The Labute approximate surface area is 119 Å². The molecule has 1 N–H and O–H groups in total. The number of hydrogen-bond acceptors (Lipinski definition) is 3. The van der Waals surface area contributed by atoms with Crippen molar-refractivity contribution in [2.75, 3.05) is 6.54 Å². The maximum absolute atomic E-state index is 12.1. The van der Waals surface area contributed by atoms with E-state index in [2.05, 4.69) is 5.32 Å². The molecule has 4 heteroatoms. The molecule has 0 aromatic heterocycles. The Morgan fingerprint density at radius 1 is 1.25 bits per heavy atom. The lowest BCUT2D eigenvalue weighted by atomic mass is 10.1. The quantitative estimate of drug-likeness (QED) is 0.860. The summed E-state index contributed by atoms with van der Waals surface area (Å²) >= 11 is 0. The third kappa shape index (κ3) is 5.69. The molecule has 0 saturated heterocycles. The van der Waals surface area contributed by atoms with Gasteiger partial charge in [-0.2, -0.15) is 0 Å². The van der Waals surface area contributed by atoms with Gasteiger partial charge in [0, 0.05) is 13.5 Å². The summed E-state index contributed by atoms with van der Waals surface area (Å²) < 4.78 is 5.37. The summed E-state index contributed by atoms with van der Waals surface area (Å²) in [5.74, 6) is -0.438. The van der Waals surface area contributed by atoms with E-state index >= 15 is 0 Å². The molecule has 0 aliphatic rings. The zero-order valence-corrected chi connectivity index (χ0v) is 12.4. The highest BCUT2D eigenvalue weighted by atomic mass is 16.6. The van der Waals surface area contributed by atoms with Crippen LogP contribution in [-0.2, 0) is 9.53 Å². The highest BCUT2D eigenvalue weighted by Gasteiger charge is 2.19. The zero-order valence-electron chi connectivity index (χ0n) is 12.4. The SMILES string of the molecule is CC(=O)NCC=Cc1ccccc1C(=O)OC(C)(C)C. The molecule has 0 aliphatic carbocycles. The lowest BCUT2D eigenvalue weighted by molar-refractivity contribution is -0.118. The van der Waals surface area contributed by atoms with Crippen LogP contribution in [0, 0.1) is 0 Å². The molecule has 1 amide bonds. The Kier molecular flexibility index (Phi) is 5.50. The molecule has 0 saturated carbocycles. The van der Waals surface area contributed by atoms with Gasteiger partial charge < -0.3 is 10.1 Å². The van der Waals surface area contributed by atoms with Crippen LogP contribution in [0.15, 0.2) is 30.3 Å². The Bertz CT molecular complexity index is 513. The fourth-order valence-electron chi connectivity index (χ4n) is 1.55. The fraction of sp³-hybridized carbons (Fsp3) is 0.375. The zero-order chi connectivity index (χ0) is 15.2. The molecule has 0 spiro atoms. The van der Waals surface area contributed by atoms with Crippen LogP contribution in [0.5, 0.6) is 0 Å². The van der Waals surface area contributed by atoms with Crippen LogP contribution in [0.25, 0.3) is 6.08 Å². The molecule has 0 unspecified atom stereocenters. The first kappa shape index (κ1) is 16.0. The largest absolute Gasteiger partial charge is 0.456 e. The molecular weight excluding hydrogens is 254 g/mol. The van der Waals surface area contributed by atoms with Gasteiger partial charge in [-0.15, -0.1) is 0 Å². The molecule has 108 valence electrons. The molecule has 20 heavy (non-hydrogen) atoms. The molecule has 0 heterocycles. The molecule has 4 nitrogen and oxygen atoms in total. The highest BCUT2D eigenvalue weighted by molar-refractivity contribution is 5.93. The van der Waals surface area contributed by atoms with Crippen molar-refractivity contribution in [1.29, 1.82) is 0 Å². The van der Waals surface area contributed by atoms with Crippen molar-refractivity contribution < 1.29 is 14.3 Å². The Hall–Kier alpha value is -2.10. The van der Waals surface area contributed by atoms with Crippen LogP contribution >= 0.6 is 0 Å². The number of ether oxygens (including phenoxy) is 1. The first-order valence-corrected chi connectivity index (χ1v) is 6.53. The standard InChI is InChI=1S/C16H21NO3/c1-12(18)17-11-7-9-13-8-5-6-10-14(13)15(19)20-16(2,3)4/h5-10H,11H2,1-4H3,(H,17,18). The highest BCUT2D eigenvalue weighted by Crippen LogP contribution is 2.16. The summed E-state index contributed by atoms with van der Waals surface area (Å²) in [6.07, 6.45) is 3.60. The van der Waals surface area contributed by atoms with Gasteiger partial charge in [-0.1, -0.05) is 30.4 Å². The normalized spacial score (nSPS) is 11.4. The number of benzene rings is 1. The van der Waals surface area contributed by atoms with Gasteiger partial charge in [-0.25, -0.2) is 4.79 Å². The van der Waals surface area contributed by atoms with Gasteiger partial charge >= 0.3 is 5.97 Å². The van der Waals surface area contributed by atoms with E-state index in [9.17, 15) is 9.59 Å². The van der Waals surface area contributed by atoms with Gasteiger partial charge in [-0.3, -0.25) is 4.79 Å². The van der Waals surface area contributed by atoms with E-state index in [4.69, 9.17) is 4.74 Å². The summed E-state index contributed by atoms with van der Waals surface area (Å²) in [7, 11) is 0. The number of esters is 1. The van der Waals surface area contributed by atoms with Crippen LogP contribution in [-0.4, -0.2) is 24.0 Å². The Morgan fingerprint density at radius 3 is 2.50 bits per heavy atom. The molecule has 0 fully saturated rings. The van der Waals surface area contributed by atoms with Gasteiger partial charge in [0.25, 0.3) is 0 Å². The maximum Gasteiger partial charge on any atom is 0.339 e. The van der Waals surface area contributed by atoms with Gasteiger partial charge in [0.1, 0.15) is 5.60 Å². The smallest absolute Gasteiger partial charge is 0.339 e. The maximum atomic E-state index is 12.1. The van der Waals surface area contributed by atoms with E-state index in [1.807, 2.05) is 32.9 Å². The van der Waals surface area contributed by atoms with Crippen LogP contribution in [0.4, 0.5) is 0 Å². The molecule has 0 bridgehead atoms. The van der Waals surface area contributed by atoms with Crippen LogP contribution in [0.2, 0.25) is 0 Å². The summed E-state index contributed by atoms with van der Waals surface area (Å²) in [6, 6.07) is 7.21. The molecule has 0 aliphatic heterocycles. The van der Waals surface area contributed by atoms with Crippen molar-refractivity contribution in [3.63, 3.8) is 0 Å². The van der Waals surface area contributed by atoms with E-state index in [-0.39, 0.29) is 11.9 Å². The number of hydrogen-bond donors (Lipinski definition) is 1. The predicted molar refractivity (Wildman–Crippen MR) is 79.3 cm³/mol. The monoisotopic (exact) mass is 275 g/mol. The second kappa shape index (κ2) is 6.89. The van der Waals surface area contributed by atoms with Crippen molar-refractivity contribution in [2.24, 2.45) is 0 Å². The molecule has 1 aromatic carbocycles. The lowest BCUT2D eigenvalue weighted by Crippen LogP contribution is -2.24. The van der Waals surface area contributed by atoms with Crippen LogP contribution < -0.4 is 5.32 Å². The summed E-state index contributed by atoms with van der Waals surface area (Å²) in [4.78, 5) is 22.9. The average molecular weight is 275 g/mol. The van der Waals surface area contributed by atoms with Crippen molar-refractivity contribution in [3.05, 3.63) is 41.5 Å². The second-order valence-electron chi connectivity index (χ2n) is 5.43. The number of rotatable bonds is 4. The molecule has 0 atom stereocenters. The van der Waals surface area contributed by atoms with E-state index < -0.39 is 5.60 Å². The third-order valence-corrected chi connectivity index (χ3v) is 2.35. The van der Waals surface area contributed by atoms with Crippen molar-refractivity contribution in [1.82, 2.24) is 5.32 Å². The number of amides is 1. The minimum Gasteiger partial charge on any atom is -0.456 e. The minimum atomic E-state index is -0.524. The van der Waals surface area contributed by atoms with Gasteiger partial charge in [0.05, 0.1) is 5.56 Å². The first-order chi connectivity index (χ1) is 9.29. The van der Waals surface area contributed by atoms with Crippen LogP contribution in [0.3, 0.4) is 0 Å². The molecular formula is C16H21NO3. The minimum absolute atomic E-state index is 0.0879. The molecule has 1 aromatic rings. The van der Waals surface area contributed by atoms with Crippen LogP contribution in [0.1, 0.15) is 43.6 Å². The molecule has 1 rings (SSSR count). The summed E-state index contributed by atoms with van der Waals surface area (Å²) in [6.45, 7) is 7.39. The number of nitrogens with one attached hydrogen (secondary N) is 1. The molecule has 0 radical (unpaired) electrons. The lowest BCUT2D eigenvalue weighted by Gasteiger charge is -2.20. The number of carbonyl (C=O) groups is 2. The van der Waals surface area contributed by atoms with Crippen molar-refractivity contribution >= 4 is 18.0 Å². The summed E-state index contributed by atoms with van der Waals surface area (Å²) in [5, 5.41) is 2.66.